The van der Waals surface area contributed by atoms with E-state index >= 15 is 0 Å². The maximum absolute atomic E-state index is 13.2. The standard InChI is InChI=1S/C22H27N2O8P/c1-4-8-16-19(26)17(12-14-33(29,30-2)31-3)32-21(16)23-13-11-18(25)24(22(23)28)20(27)15-9-6-5-7-10-15/h5-7,9-14,16-17,19,21,26H,4,8H2,1-3H3/b14-12+/t16-,17-,19+,21-/m1/s1. The molecular weight excluding hydrogens is 451 g/mol. The summed E-state index contributed by atoms with van der Waals surface area (Å²) in [6.45, 7) is 1.92. The van der Waals surface area contributed by atoms with Crippen LogP contribution in [0, 0.1) is 5.92 Å². The quantitative estimate of drug-likeness (QED) is 0.573. The van der Waals surface area contributed by atoms with Crippen molar-refractivity contribution in [1.82, 2.24) is 9.13 Å². The molecule has 1 aromatic heterocycles. The molecule has 2 heterocycles. The number of rotatable bonds is 8. The number of nitrogens with zero attached hydrogens (tertiary/aromatic N) is 2. The molecule has 0 unspecified atom stereocenters. The summed E-state index contributed by atoms with van der Waals surface area (Å²) in [6.07, 6.45) is 0.901. The third-order valence-corrected chi connectivity index (χ3v) is 7.09. The number of hydrogen-bond donors (Lipinski definition) is 1. The average molecular weight is 478 g/mol. The normalized spacial score (nSPS) is 23.3. The van der Waals surface area contributed by atoms with E-state index in [1.807, 2.05) is 6.92 Å². The molecule has 0 spiro atoms. The predicted molar refractivity (Wildman–Crippen MR) is 120 cm³/mol. The second-order valence-corrected chi connectivity index (χ2v) is 9.64. The SMILES string of the molecule is CCC[C@@H]1[C@H](O)[C@@H](/C=C/P(=O)(OC)OC)O[C@H]1n1ccc(=O)n(C(=O)c2ccccc2)c1=O. The van der Waals surface area contributed by atoms with Crippen molar-refractivity contribution >= 4 is 13.5 Å². The summed E-state index contributed by atoms with van der Waals surface area (Å²) in [4.78, 5) is 38.5. The van der Waals surface area contributed by atoms with Gasteiger partial charge in [-0.25, -0.2) is 4.79 Å². The zero-order valence-electron chi connectivity index (χ0n) is 18.6. The molecular formula is C22H27N2O8P. The van der Waals surface area contributed by atoms with Crippen LogP contribution in [0.5, 0.6) is 0 Å². The van der Waals surface area contributed by atoms with E-state index in [4.69, 9.17) is 13.8 Å². The second kappa shape index (κ2) is 10.5. The Kier molecular flexibility index (Phi) is 7.99. The Bertz CT molecular complexity index is 1160. The van der Waals surface area contributed by atoms with Crippen molar-refractivity contribution in [2.24, 2.45) is 5.92 Å². The first-order valence-electron chi connectivity index (χ1n) is 10.4. The highest BCUT2D eigenvalue weighted by atomic mass is 31.2. The lowest BCUT2D eigenvalue weighted by atomic mass is 9.94. The molecule has 0 bridgehead atoms. The van der Waals surface area contributed by atoms with Gasteiger partial charge in [0.2, 0.25) is 0 Å². The Labute approximate surface area is 190 Å². The van der Waals surface area contributed by atoms with E-state index in [-0.39, 0.29) is 5.56 Å². The molecule has 0 amide bonds. The Hall–Kier alpha value is -2.62. The zero-order chi connectivity index (χ0) is 24.2. The zero-order valence-corrected chi connectivity index (χ0v) is 19.5. The Balaban J connectivity index is 2.01. The highest BCUT2D eigenvalue weighted by Crippen LogP contribution is 2.49. The van der Waals surface area contributed by atoms with Crippen molar-refractivity contribution in [3.8, 4) is 0 Å². The van der Waals surface area contributed by atoms with E-state index in [0.717, 1.165) is 10.6 Å². The summed E-state index contributed by atoms with van der Waals surface area (Å²) >= 11 is 0. The number of aromatic nitrogens is 2. The minimum atomic E-state index is -3.49. The maximum Gasteiger partial charge on any atom is 0.353 e. The van der Waals surface area contributed by atoms with Gasteiger partial charge in [0.15, 0.2) is 0 Å². The molecule has 1 fully saturated rings. The molecule has 4 atom stereocenters. The van der Waals surface area contributed by atoms with Crippen molar-refractivity contribution < 1.29 is 28.3 Å². The summed E-state index contributed by atoms with van der Waals surface area (Å²) in [7, 11) is -1.02. The van der Waals surface area contributed by atoms with Crippen molar-refractivity contribution in [2.45, 2.75) is 38.2 Å². The van der Waals surface area contributed by atoms with Gasteiger partial charge in [0.1, 0.15) is 12.3 Å². The molecule has 178 valence electrons. The first kappa shape index (κ1) is 25.0. The molecule has 0 saturated carbocycles. The molecule has 1 N–H and O–H groups in total. The van der Waals surface area contributed by atoms with E-state index in [9.17, 15) is 24.1 Å². The van der Waals surface area contributed by atoms with Gasteiger partial charge in [-0.05, 0) is 24.6 Å². The van der Waals surface area contributed by atoms with E-state index < -0.39 is 49.1 Å². The van der Waals surface area contributed by atoms with Crippen LogP contribution in [0.1, 0.15) is 36.4 Å². The Morgan fingerprint density at radius 3 is 2.45 bits per heavy atom. The number of benzene rings is 1. The number of carbonyl (C=O) groups excluding carboxylic acids is 1. The van der Waals surface area contributed by atoms with Crippen LogP contribution in [0.3, 0.4) is 0 Å². The molecule has 10 nitrogen and oxygen atoms in total. The molecule has 1 saturated heterocycles. The van der Waals surface area contributed by atoms with Crippen LogP contribution < -0.4 is 11.2 Å². The van der Waals surface area contributed by atoms with E-state index in [1.54, 1.807) is 18.2 Å². The molecule has 33 heavy (non-hydrogen) atoms. The lowest BCUT2D eigenvalue weighted by Gasteiger charge is -2.22. The van der Waals surface area contributed by atoms with Crippen LogP contribution in [0.25, 0.3) is 0 Å². The van der Waals surface area contributed by atoms with Gasteiger partial charge in [0, 0.05) is 43.8 Å². The topological polar surface area (TPSA) is 126 Å². The van der Waals surface area contributed by atoms with Gasteiger partial charge in [-0.3, -0.25) is 18.7 Å². The fourth-order valence-electron chi connectivity index (χ4n) is 3.80. The lowest BCUT2D eigenvalue weighted by Crippen LogP contribution is -2.45. The average Bonchev–Trinajstić information content (AvgIpc) is 3.13. The molecule has 0 aliphatic carbocycles. The molecule has 11 heteroatoms. The maximum atomic E-state index is 13.2. The fraction of sp³-hybridized carbons (Fsp3) is 0.409. The van der Waals surface area contributed by atoms with Crippen LogP contribution in [0.4, 0.5) is 0 Å². The molecule has 2 aromatic rings. The first-order valence-corrected chi connectivity index (χ1v) is 12.1. The lowest BCUT2D eigenvalue weighted by molar-refractivity contribution is -0.00377. The van der Waals surface area contributed by atoms with Crippen molar-refractivity contribution in [3.63, 3.8) is 0 Å². The number of hydrogen-bond acceptors (Lipinski definition) is 8. The van der Waals surface area contributed by atoms with E-state index in [2.05, 4.69) is 0 Å². The van der Waals surface area contributed by atoms with Crippen molar-refractivity contribution in [1.29, 1.82) is 0 Å². The number of aliphatic hydroxyl groups is 1. The van der Waals surface area contributed by atoms with E-state index in [1.165, 1.54) is 44.4 Å². The van der Waals surface area contributed by atoms with Crippen molar-refractivity contribution in [2.75, 3.05) is 14.2 Å². The van der Waals surface area contributed by atoms with Gasteiger partial charge >= 0.3 is 13.3 Å². The predicted octanol–water partition coefficient (Wildman–Crippen LogP) is 2.37. The third kappa shape index (κ3) is 5.15. The second-order valence-electron chi connectivity index (χ2n) is 7.53. The van der Waals surface area contributed by atoms with Crippen LogP contribution in [0.15, 0.2) is 64.1 Å². The van der Waals surface area contributed by atoms with Gasteiger partial charge < -0.3 is 18.9 Å². The van der Waals surface area contributed by atoms with Crippen LogP contribution >= 0.6 is 7.60 Å². The monoisotopic (exact) mass is 478 g/mol. The minimum absolute atomic E-state index is 0.183. The van der Waals surface area contributed by atoms with E-state index in [0.29, 0.717) is 17.4 Å². The molecule has 3 rings (SSSR count). The minimum Gasteiger partial charge on any atom is -0.390 e. The number of ether oxygens (including phenoxy) is 1. The van der Waals surface area contributed by atoms with Gasteiger partial charge in [-0.2, -0.15) is 4.57 Å². The Morgan fingerprint density at radius 1 is 1.18 bits per heavy atom. The molecule has 1 aliphatic rings. The highest BCUT2D eigenvalue weighted by Gasteiger charge is 2.44. The third-order valence-electron chi connectivity index (χ3n) is 5.54. The van der Waals surface area contributed by atoms with Crippen LogP contribution in [-0.4, -0.2) is 46.6 Å². The van der Waals surface area contributed by atoms with Crippen molar-refractivity contribution in [3.05, 3.63) is 80.9 Å². The molecule has 1 aliphatic heterocycles. The number of carbonyl (C=O) groups is 1. The molecule has 1 aromatic carbocycles. The highest BCUT2D eigenvalue weighted by molar-refractivity contribution is 7.57. The summed E-state index contributed by atoms with van der Waals surface area (Å²) in [5, 5.41) is 10.9. The summed E-state index contributed by atoms with van der Waals surface area (Å²) in [6, 6.07) is 9.09. The fourth-order valence-corrected chi connectivity index (χ4v) is 4.57. The Morgan fingerprint density at radius 2 is 1.85 bits per heavy atom. The van der Waals surface area contributed by atoms with Gasteiger partial charge in [0.25, 0.3) is 11.5 Å². The summed E-state index contributed by atoms with van der Waals surface area (Å²) in [5.41, 5.74) is -1.46. The summed E-state index contributed by atoms with van der Waals surface area (Å²) in [5.74, 6) is -0.0951. The van der Waals surface area contributed by atoms with Gasteiger partial charge in [-0.15, -0.1) is 0 Å². The largest absolute Gasteiger partial charge is 0.390 e. The molecule has 0 radical (unpaired) electrons. The van der Waals surface area contributed by atoms with Crippen LogP contribution in [-0.2, 0) is 18.3 Å². The van der Waals surface area contributed by atoms with Crippen LogP contribution in [0.2, 0.25) is 0 Å². The summed E-state index contributed by atoms with van der Waals surface area (Å²) < 4.78 is 29.7. The number of aliphatic hydroxyl groups excluding tert-OH is 1. The smallest absolute Gasteiger partial charge is 0.353 e. The first-order chi connectivity index (χ1) is 15.8. The van der Waals surface area contributed by atoms with Gasteiger partial charge in [-0.1, -0.05) is 31.5 Å². The van der Waals surface area contributed by atoms with Gasteiger partial charge in [0.05, 0.1) is 6.10 Å².